The average molecular weight is 298 g/mol. The highest BCUT2D eigenvalue weighted by atomic mass is 79.9. The zero-order valence-corrected chi connectivity index (χ0v) is 12.4. The second-order valence-corrected chi connectivity index (χ2v) is 5.08. The molecule has 1 aromatic carbocycles. The van der Waals surface area contributed by atoms with Crippen LogP contribution >= 0.6 is 15.9 Å². The number of amides is 1. The Labute approximate surface area is 112 Å². The number of carbonyl (C=O) groups excluding carboxylic acids is 1. The van der Waals surface area contributed by atoms with Crippen LogP contribution in [0.3, 0.4) is 0 Å². The van der Waals surface area contributed by atoms with Crippen molar-refractivity contribution in [2.24, 2.45) is 0 Å². The lowest BCUT2D eigenvalue weighted by Gasteiger charge is -2.21. The van der Waals surface area contributed by atoms with Crippen LogP contribution in [0.2, 0.25) is 0 Å². The summed E-state index contributed by atoms with van der Waals surface area (Å²) in [5.41, 5.74) is 1.92. The van der Waals surface area contributed by atoms with Gasteiger partial charge in [-0.05, 0) is 53.9 Å². The molecule has 0 radical (unpaired) electrons. The first-order chi connectivity index (χ1) is 8.10. The van der Waals surface area contributed by atoms with Crippen molar-refractivity contribution in [2.45, 2.75) is 33.6 Å². The molecule has 94 valence electrons. The highest BCUT2D eigenvalue weighted by molar-refractivity contribution is 9.10. The molecule has 0 saturated carbocycles. The van der Waals surface area contributed by atoms with Gasteiger partial charge in [0.05, 0.1) is 5.56 Å². The maximum atomic E-state index is 12.3. The van der Waals surface area contributed by atoms with E-state index >= 15 is 0 Å². The van der Waals surface area contributed by atoms with E-state index in [4.69, 9.17) is 0 Å². The predicted molar refractivity (Wildman–Crippen MR) is 75.4 cm³/mol. The molecule has 0 aromatic heterocycles. The van der Waals surface area contributed by atoms with Gasteiger partial charge in [0.25, 0.3) is 5.91 Å². The monoisotopic (exact) mass is 297 g/mol. The summed E-state index contributed by atoms with van der Waals surface area (Å²) < 4.78 is 0.887. The molecule has 0 spiro atoms. The minimum Gasteiger partial charge on any atom is -0.339 e. The average Bonchev–Trinajstić information content (AvgIpc) is 2.29. The highest BCUT2D eigenvalue weighted by Gasteiger charge is 2.16. The van der Waals surface area contributed by atoms with Crippen LogP contribution in [0.15, 0.2) is 22.7 Å². The van der Waals surface area contributed by atoms with Gasteiger partial charge in [-0.3, -0.25) is 4.79 Å². The van der Waals surface area contributed by atoms with E-state index in [0.717, 1.165) is 41.5 Å². The fourth-order valence-electron chi connectivity index (χ4n) is 1.72. The quantitative estimate of drug-likeness (QED) is 0.804. The summed E-state index contributed by atoms with van der Waals surface area (Å²) >= 11 is 3.47. The van der Waals surface area contributed by atoms with Gasteiger partial charge in [-0.15, -0.1) is 0 Å². The molecule has 0 aliphatic rings. The molecule has 0 N–H and O–H groups in total. The summed E-state index contributed by atoms with van der Waals surface area (Å²) in [6.45, 7) is 7.79. The van der Waals surface area contributed by atoms with Gasteiger partial charge in [-0.1, -0.05) is 19.4 Å². The molecule has 2 nitrogen and oxygen atoms in total. The van der Waals surface area contributed by atoms with E-state index in [-0.39, 0.29) is 5.91 Å². The maximum Gasteiger partial charge on any atom is 0.254 e. The molecule has 17 heavy (non-hydrogen) atoms. The van der Waals surface area contributed by atoms with Crippen LogP contribution in [0.4, 0.5) is 0 Å². The molecular formula is C14H20BrNO. The van der Waals surface area contributed by atoms with Crippen molar-refractivity contribution in [1.29, 1.82) is 0 Å². The highest BCUT2D eigenvalue weighted by Crippen LogP contribution is 2.20. The molecule has 0 saturated heterocycles. The lowest BCUT2D eigenvalue weighted by Crippen LogP contribution is -2.32. The second kappa shape index (κ2) is 6.80. The molecular weight excluding hydrogens is 278 g/mol. The molecule has 0 atom stereocenters. The fraction of sp³-hybridized carbons (Fsp3) is 0.500. The van der Waals surface area contributed by atoms with Gasteiger partial charge in [0.1, 0.15) is 0 Å². The maximum absolute atomic E-state index is 12.3. The van der Waals surface area contributed by atoms with Crippen LogP contribution in [0.5, 0.6) is 0 Å². The van der Waals surface area contributed by atoms with E-state index in [1.165, 1.54) is 0 Å². The minimum atomic E-state index is 0.118. The lowest BCUT2D eigenvalue weighted by molar-refractivity contribution is 0.0761. The number of aryl methyl sites for hydroxylation is 1. The predicted octanol–water partition coefficient (Wildman–Crippen LogP) is 4.02. The summed E-state index contributed by atoms with van der Waals surface area (Å²) in [5, 5.41) is 0. The van der Waals surface area contributed by atoms with Crippen LogP contribution in [0.1, 0.15) is 42.6 Å². The Bertz CT molecular complexity index is 390. The van der Waals surface area contributed by atoms with Crippen molar-refractivity contribution in [2.75, 3.05) is 13.1 Å². The summed E-state index contributed by atoms with van der Waals surface area (Å²) in [6, 6.07) is 5.86. The fourth-order valence-corrected chi connectivity index (χ4v) is 2.38. The summed E-state index contributed by atoms with van der Waals surface area (Å²) in [6.07, 6.45) is 2.17. The van der Waals surface area contributed by atoms with Crippen LogP contribution < -0.4 is 0 Å². The number of unbranched alkanes of at least 4 members (excludes halogenated alkanes) is 1. The second-order valence-electron chi connectivity index (χ2n) is 4.22. The first-order valence-corrected chi connectivity index (χ1v) is 6.94. The van der Waals surface area contributed by atoms with Gasteiger partial charge in [-0.2, -0.15) is 0 Å². The number of halogens is 1. The van der Waals surface area contributed by atoms with Crippen LogP contribution in [-0.4, -0.2) is 23.9 Å². The van der Waals surface area contributed by atoms with Crippen LogP contribution in [-0.2, 0) is 0 Å². The normalized spacial score (nSPS) is 10.4. The molecule has 0 heterocycles. The van der Waals surface area contributed by atoms with Gasteiger partial charge in [0.2, 0.25) is 0 Å². The van der Waals surface area contributed by atoms with Gasteiger partial charge < -0.3 is 4.90 Å². The molecule has 3 heteroatoms. The van der Waals surface area contributed by atoms with Crippen molar-refractivity contribution >= 4 is 21.8 Å². The molecule has 0 aliphatic carbocycles. The van der Waals surface area contributed by atoms with Crippen molar-refractivity contribution in [3.63, 3.8) is 0 Å². The zero-order chi connectivity index (χ0) is 12.8. The van der Waals surface area contributed by atoms with Gasteiger partial charge in [-0.25, -0.2) is 0 Å². The molecule has 1 rings (SSSR count). The third-order valence-corrected chi connectivity index (χ3v) is 3.46. The molecule has 1 aromatic rings. The molecule has 0 aliphatic heterocycles. The van der Waals surface area contributed by atoms with Crippen molar-refractivity contribution in [3.05, 3.63) is 33.8 Å². The molecule has 0 unspecified atom stereocenters. The number of hydrogen-bond acceptors (Lipinski definition) is 1. The summed E-state index contributed by atoms with van der Waals surface area (Å²) in [5.74, 6) is 0.118. The van der Waals surface area contributed by atoms with E-state index in [1.807, 2.05) is 36.9 Å². The lowest BCUT2D eigenvalue weighted by atomic mass is 10.1. The van der Waals surface area contributed by atoms with Gasteiger partial charge >= 0.3 is 0 Å². The van der Waals surface area contributed by atoms with E-state index < -0.39 is 0 Å². The smallest absolute Gasteiger partial charge is 0.254 e. The number of nitrogens with zero attached hydrogens (tertiary/aromatic N) is 1. The van der Waals surface area contributed by atoms with E-state index in [9.17, 15) is 4.79 Å². The Kier molecular flexibility index (Phi) is 5.69. The number of benzene rings is 1. The Balaban J connectivity index is 2.86. The van der Waals surface area contributed by atoms with E-state index in [2.05, 4.69) is 22.9 Å². The first-order valence-electron chi connectivity index (χ1n) is 6.15. The minimum absolute atomic E-state index is 0.118. The first kappa shape index (κ1) is 14.2. The van der Waals surface area contributed by atoms with Gasteiger partial charge in [0.15, 0.2) is 0 Å². The topological polar surface area (TPSA) is 20.3 Å². The Morgan fingerprint density at radius 3 is 2.59 bits per heavy atom. The number of carbonyl (C=O) groups is 1. The Morgan fingerprint density at radius 2 is 2.06 bits per heavy atom. The van der Waals surface area contributed by atoms with Gasteiger partial charge in [0, 0.05) is 17.6 Å². The van der Waals surface area contributed by atoms with Crippen LogP contribution in [0, 0.1) is 6.92 Å². The largest absolute Gasteiger partial charge is 0.339 e. The number of rotatable bonds is 5. The summed E-state index contributed by atoms with van der Waals surface area (Å²) in [4.78, 5) is 14.2. The Hall–Kier alpha value is -0.830. The number of hydrogen-bond donors (Lipinski definition) is 0. The zero-order valence-electron chi connectivity index (χ0n) is 10.8. The third-order valence-electron chi connectivity index (χ3n) is 2.81. The molecule has 0 fully saturated rings. The van der Waals surface area contributed by atoms with E-state index in [1.54, 1.807) is 0 Å². The van der Waals surface area contributed by atoms with Crippen molar-refractivity contribution in [3.8, 4) is 0 Å². The Morgan fingerprint density at radius 1 is 1.35 bits per heavy atom. The van der Waals surface area contributed by atoms with Crippen LogP contribution in [0.25, 0.3) is 0 Å². The standard InChI is InChI=1S/C14H20BrNO/c1-4-6-9-16(5-2)14(17)12-8-7-11(3)10-13(12)15/h7-8,10H,4-6,9H2,1-3H3. The molecule has 0 bridgehead atoms. The SMILES string of the molecule is CCCCN(CC)C(=O)c1ccc(C)cc1Br. The van der Waals surface area contributed by atoms with Crippen molar-refractivity contribution in [1.82, 2.24) is 4.90 Å². The molecule has 1 amide bonds. The van der Waals surface area contributed by atoms with Crippen molar-refractivity contribution < 1.29 is 4.79 Å². The third kappa shape index (κ3) is 3.84. The van der Waals surface area contributed by atoms with E-state index in [0.29, 0.717) is 0 Å². The summed E-state index contributed by atoms with van der Waals surface area (Å²) in [7, 11) is 0.